The molecule has 1 aliphatic rings. The second kappa shape index (κ2) is 2.27. The van der Waals surface area contributed by atoms with Crippen LogP contribution in [-0.2, 0) is 4.79 Å². The minimum Gasteiger partial charge on any atom is -0.476 e. The lowest BCUT2D eigenvalue weighted by molar-refractivity contribution is -0.129. The zero-order chi connectivity index (χ0) is 7.56. The van der Waals surface area contributed by atoms with Gasteiger partial charge in [-0.1, -0.05) is 0 Å². The molecule has 1 rings (SSSR count). The highest BCUT2D eigenvalue weighted by molar-refractivity contribution is 6.40. The van der Waals surface area contributed by atoms with Crippen molar-refractivity contribution in [1.82, 2.24) is 0 Å². The molecule has 1 aliphatic heterocycles. The molecule has 0 unspecified atom stereocenters. The number of aliphatic carboxylic acids is 1. The van der Waals surface area contributed by atoms with Crippen LogP contribution in [0.4, 0.5) is 0 Å². The van der Waals surface area contributed by atoms with E-state index in [-0.39, 0.29) is 18.2 Å². The van der Waals surface area contributed by atoms with Gasteiger partial charge in [-0.2, -0.15) is 4.99 Å². The van der Waals surface area contributed by atoms with Crippen molar-refractivity contribution in [2.24, 2.45) is 9.98 Å². The fourth-order valence-electron chi connectivity index (χ4n) is 0.513. The first-order valence-electron chi connectivity index (χ1n) is 2.47. The van der Waals surface area contributed by atoms with E-state index in [1.807, 2.05) is 0 Å². The molecule has 1 heterocycles. The number of nitrogens with zero attached hydrogens (tertiary/aromatic N) is 3. The van der Waals surface area contributed by atoms with Crippen molar-refractivity contribution in [1.29, 1.82) is 0 Å². The molecular weight excluding hydrogens is 134 g/mol. The van der Waals surface area contributed by atoms with Crippen molar-refractivity contribution in [3.63, 3.8) is 0 Å². The Morgan fingerprint density at radius 2 is 2.50 bits per heavy atom. The fraction of sp³-hybridized carbons (Fsp3) is 0.200. The van der Waals surface area contributed by atoms with Gasteiger partial charge in [0.1, 0.15) is 6.54 Å². The smallest absolute Gasteiger partial charge is 0.368 e. The maximum Gasteiger partial charge on any atom is 0.368 e. The largest absolute Gasteiger partial charge is 0.476 e. The van der Waals surface area contributed by atoms with Crippen LogP contribution in [-0.4, -0.2) is 29.3 Å². The highest BCUT2D eigenvalue weighted by atomic mass is 16.4. The van der Waals surface area contributed by atoms with Crippen molar-refractivity contribution >= 4 is 17.6 Å². The second-order valence-electron chi connectivity index (χ2n) is 1.59. The Bertz CT molecular complexity index is 271. The first-order chi connectivity index (χ1) is 4.74. The summed E-state index contributed by atoms with van der Waals surface area (Å²) in [4.78, 5) is 20.0. The van der Waals surface area contributed by atoms with Gasteiger partial charge in [-0.05, 0) is 0 Å². The molecule has 0 aromatic rings. The summed E-state index contributed by atoms with van der Waals surface area (Å²) in [6, 6.07) is 0. The van der Waals surface area contributed by atoms with Crippen molar-refractivity contribution in [2.75, 3.05) is 6.54 Å². The van der Waals surface area contributed by atoms with E-state index in [0.717, 1.165) is 0 Å². The molecular formula is C5H3N3O2. The van der Waals surface area contributed by atoms with Crippen LogP contribution >= 0.6 is 0 Å². The summed E-state index contributed by atoms with van der Waals surface area (Å²) in [5.74, 6) is -1.18. The van der Waals surface area contributed by atoms with E-state index < -0.39 is 5.97 Å². The number of carboxylic acid groups (broad SMARTS) is 1. The topological polar surface area (TPSA) is 66.4 Å². The predicted octanol–water partition coefficient (Wildman–Crippen LogP) is -0.199. The molecule has 0 aromatic heterocycles. The first-order valence-corrected chi connectivity index (χ1v) is 2.47. The number of aliphatic imine (C=N–C) groups is 2. The number of hydrogen-bond donors (Lipinski definition) is 1. The standard InChI is InChI=1S/C5H3N3O2/c1-6-5-7-2-3(8-5)4(9)10/h2H2,(H,9,10). The van der Waals surface area contributed by atoms with E-state index in [1.165, 1.54) is 0 Å². The maximum absolute atomic E-state index is 10.2. The minimum absolute atomic E-state index is 0.0209. The third-order valence-electron chi connectivity index (χ3n) is 0.952. The Morgan fingerprint density at radius 3 is 2.80 bits per heavy atom. The molecule has 0 radical (unpaired) electrons. The molecule has 0 aromatic carbocycles. The summed E-state index contributed by atoms with van der Waals surface area (Å²) in [7, 11) is 0. The van der Waals surface area contributed by atoms with Gasteiger partial charge in [0.2, 0.25) is 5.71 Å². The Labute approximate surface area is 56.5 Å². The van der Waals surface area contributed by atoms with Gasteiger partial charge in [-0.15, -0.1) is 11.6 Å². The molecule has 0 aliphatic carbocycles. The lowest BCUT2D eigenvalue weighted by atomic mass is 10.4. The number of carboxylic acids is 1. The van der Waals surface area contributed by atoms with Crippen LogP contribution in [0.2, 0.25) is 0 Å². The Kier molecular flexibility index (Phi) is 1.46. The van der Waals surface area contributed by atoms with Gasteiger partial charge in [-0.25, -0.2) is 4.79 Å². The molecule has 0 fully saturated rings. The molecule has 1 N–H and O–H groups in total. The SMILES string of the molecule is [C-]#[N+]C1=NCC(C(=O)O)=N1. The molecule has 0 amide bonds. The first kappa shape index (κ1) is 6.42. The Balaban J connectivity index is 2.78. The van der Waals surface area contributed by atoms with Crippen LogP contribution in [0.15, 0.2) is 9.98 Å². The van der Waals surface area contributed by atoms with E-state index in [4.69, 9.17) is 11.7 Å². The fourth-order valence-corrected chi connectivity index (χ4v) is 0.513. The molecule has 5 nitrogen and oxygen atoms in total. The van der Waals surface area contributed by atoms with Gasteiger partial charge < -0.3 is 9.95 Å². The van der Waals surface area contributed by atoms with Crippen LogP contribution < -0.4 is 0 Å². The summed E-state index contributed by atoms with van der Waals surface area (Å²) < 4.78 is 0. The van der Waals surface area contributed by atoms with Crippen LogP contribution in [0.25, 0.3) is 4.85 Å². The predicted molar refractivity (Wildman–Crippen MR) is 34.0 cm³/mol. The van der Waals surface area contributed by atoms with Gasteiger partial charge >= 0.3 is 11.9 Å². The summed E-state index contributed by atoms with van der Waals surface area (Å²) >= 11 is 0. The van der Waals surface area contributed by atoms with E-state index in [1.54, 1.807) is 0 Å². The van der Waals surface area contributed by atoms with Gasteiger partial charge in [0.05, 0.1) is 0 Å². The van der Waals surface area contributed by atoms with Crippen LogP contribution in [0.5, 0.6) is 0 Å². The van der Waals surface area contributed by atoms with E-state index in [9.17, 15) is 4.79 Å². The van der Waals surface area contributed by atoms with Gasteiger partial charge in [0.25, 0.3) is 0 Å². The maximum atomic E-state index is 10.2. The summed E-state index contributed by atoms with van der Waals surface area (Å²) in [6.45, 7) is 6.45. The monoisotopic (exact) mass is 137 g/mol. The van der Waals surface area contributed by atoms with Crippen molar-refractivity contribution in [3.8, 4) is 0 Å². The summed E-state index contributed by atoms with van der Waals surface area (Å²) in [5.41, 5.74) is -0.0639. The number of guanidine groups is 1. The third-order valence-corrected chi connectivity index (χ3v) is 0.952. The third kappa shape index (κ3) is 1.00. The lowest BCUT2D eigenvalue weighted by Crippen LogP contribution is -2.13. The highest BCUT2D eigenvalue weighted by Crippen LogP contribution is 1.96. The second-order valence-corrected chi connectivity index (χ2v) is 1.59. The normalized spacial score (nSPS) is 15.5. The zero-order valence-electron chi connectivity index (χ0n) is 4.90. The average Bonchev–Trinajstić information content (AvgIpc) is 2.34. The number of carbonyl (C=O) groups is 1. The molecule has 0 atom stereocenters. The number of hydrogen-bond acceptors (Lipinski definition) is 3. The molecule has 0 saturated heterocycles. The van der Waals surface area contributed by atoms with Crippen LogP contribution in [0, 0.1) is 6.57 Å². The molecule has 50 valence electrons. The van der Waals surface area contributed by atoms with Crippen molar-refractivity contribution < 1.29 is 9.90 Å². The van der Waals surface area contributed by atoms with E-state index in [2.05, 4.69) is 14.8 Å². The molecule has 0 bridgehead atoms. The average molecular weight is 137 g/mol. The minimum atomic E-state index is -1.11. The molecule has 0 saturated carbocycles. The Hall–Kier alpha value is -1.70. The van der Waals surface area contributed by atoms with Gasteiger partial charge in [0.15, 0.2) is 0 Å². The molecule has 0 spiro atoms. The quantitative estimate of drug-likeness (QED) is 0.508. The number of rotatable bonds is 1. The zero-order valence-corrected chi connectivity index (χ0v) is 4.90. The van der Waals surface area contributed by atoms with Crippen molar-refractivity contribution in [2.45, 2.75) is 0 Å². The van der Waals surface area contributed by atoms with Gasteiger partial charge in [-0.3, -0.25) is 0 Å². The Morgan fingerprint density at radius 1 is 1.80 bits per heavy atom. The van der Waals surface area contributed by atoms with Gasteiger partial charge in [0, 0.05) is 0 Å². The lowest BCUT2D eigenvalue weighted by Gasteiger charge is -1.79. The van der Waals surface area contributed by atoms with Crippen molar-refractivity contribution in [3.05, 3.63) is 11.4 Å². The van der Waals surface area contributed by atoms with E-state index >= 15 is 0 Å². The highest BCUT2D eigenvalue weighted by Gasteiger charge is 2.19. The summed E-state index contributed by atoms with van der Waals surface area (Å²) in [5, 5.41) is 8.32. The van der Waals surface area contributed by atoms with Crippen LogP contribution in [0.1, 0.15) is 0 Å². The molecule has 10 heavy (non-hydrogen) atoms. The van der Waals surface area contributed by atoms with Crippen LogP contribution in [0.3, 0.4) is 0 Å². The summed E-state index contributed by atoms with van der Waals surface area (Å²) in [6.07, 6.45) is 0. The van der Waals surface area contributed by atoms with E-state index in [0.29, 0.717) is 0 Å². The molecule has 5 heteroatoms.